The van der Waals surface area contributed by atoms with Crippen molar-refractivity contribution in [3.05, 3.63) is 76.2 Å². The highest BCUT2D eigenvalue weighted by Crippen LogP contribution is 2.35. The van der Waals surface area contributed by atoms with E-state index in [1.165, 1.54) is 12.5 Å². The molecule has 2 aromatic carbocycles. The van der Waals surface area contributed by atoms with E-state index in [4.69, 9.17) is 4.52 Å². The number of aromatic nitrogens is 1. The lowest BCUT2D eigenvalue weighted by Gasteiger charge is -2.35. The number of aliphatic hydroxyl groups is 2. The average molecular weight is 500 g/mol. The Bertz CT molecular complexity index is 1220. The third kappa shape index (κ3) is 5.80. The van der Waals surface area contributed by atoms with Crippen molar-refractivity contribution >= 4 is 5.91 Å². The second kappa shape index (κ2) is 10.5. The van der Waals surface area contributed by atoms with Crippen molar-refractivity contribution in [2.45, 2.75) is 64.3 Å². The van der Waals surface area contributed by atoms with Crippen LogP contribution in [0.15, 0.2) is 40.9 Å². The zero-order valence-electron chi connectivity index (χ0n) is 20.6. The summed E-state index contributed by atoms with van der Waals surface area (Å²) in [4.78, 5) is 11.8. The van der Waals surface area contributed by atoms with Gasteiger partial charge in [-0.3, -0.25) is 4.79 Å². The van der Waals surface area contributed by atoms with Crippen molar-refractivity contribution in [1.82, 2.24) is 15.8 Å². The first-order chi connectivity index (χ1) is 17.0. The Morgan fingerprint density at radius 2 is 1.92 bits per heavy atom. The first-order valence-corrected chi connectivity index (χ1v) is 12.0. The molecular weight excluding hydrogens is 468 g/mol. The third-order valence-electron chi connectivity index (χ3n) is 6.69. The number of hydrogen-bond acceptors (Lipinski definition) is 6. The number of amides is 1. The maximum atomic E-state index is 13.7. The molecule has 2 unspecified atom stereocenters. The first-order valence-electron chi connectivity index (χ1n) is 12.0. The molecule has 7 nitrogen and oxygen atoms in total. The third-order valence-corrected chi connectivity index (χ3v) is 6.69. The van der Waals surface area contributed by atoms with Crippen LogP contribution in [-0.2, 0) is 17.6 Å². The molecule has 36 heavy (non-hydrogen) atoms. The summed E-state index contributed by atoms with van der Waals surface area (Å²) in [5.74, 6) is -3.70. The predicted molar refractivity (Wildman–Crippen MR) is 130 cm³/mol. The Morgan fingerprint density at radius 3 is 2.56 bits per heavy atom. The number of carbonyl (C=O) groups excluding carboxylic acids is 1. The quantitative estimate of drug-likeness (QED) is 0.353. The van der Waals surface area contributed by atoms with E-state index in [0.29, 0.717) is 0 Å². The highest BCUT2D eigenvalue weighted by atomic mass is 19.1. The number of benzene rings is 2. The van der Waals surface area contributed by atoms with Crippen LogP contribution in [0.2, 0.25) is 0 Å². The molecule has 0 fully saturated rings. The van der Waals surface area contributed by atoms with Crippen LogP contribution in [0.3, 0.4) is 0 Å². The fourth-order valence-corrected chi connectivity index (χ4v) is 5.00. The van der Waals surface area contributed by atoms with E-state index in [9.17, 15) is 23.8 Å². The Kier molecular flexibility index (Phi) is 7.54. The molecule has 3 aromatic rings. The minimum atomic E-state index is -2.38. The summed E-state index contributed by atoms with van der Waals surface area (Å²) in [6.45, 7) is 4.73. The Morgan fingerprint density at radius 1 is 1.19 bits per heavy atom. The normalized spacial score (nSPS) is 16.5. The maximum Gasteiger partial charge on any atom is 0.217 e. The number of nitrogens with zero attached hydrogens (tertiary/aromatic N) is 1. The van der Waals surface area contributed by atoms with E-state index in [0.717, 1.165) is 65.6 Å². The maximum absolute atomic E-state index is 13.7. The van der Waals surface area contributed by atoms with Crippen LogP contribution in [-0.4, -0.2) is 39.7 Å². The highest BCUT2D eigenvalue weighted by molar-refractivity contribution is 5.73. The fraction of sp³-hybridized carbons (Fsp3) is 0.407. The summed E-state index contributed by atoms with van der Waals surface area (Å²) in [5.41, 5.74) is 5.13. The molecule has 0 saturated carbocycles. The van der Waals surface area contributed by atoms with E-state index in [1.54, 1.807) is 0 Å². The average Bonchev–Trinajstić information content (AvgIpc) is 3.14. The van der Waals surface area contributed by atoms with E-state index in [2.05, 4.69) is 27.9 Å². The van der Waals surface area contributed by atoms with Crippen LogP contribution in [0.1, 0.15) is 54.0 Å². The lowest BCUT2D eigenvalue weighted by atomic mass is 9.85. The van der Waals surface area contributed by atoms with Gasteiger partial charge >= 0.3 is 0 Å². The molecule has 4 N–H and O–H groups in total. The molecule has 0 bridgehead atoms. The van der Waals surface area contributed by atoms with Gasteiger partial charge in [0, 0.05) is 24.6 Å². The Hall–Kier alpha value is -3.14. The lowest BCUT2D eigenvalue weighted by molar-refractivity contribution is -0.182. The smallest absolute Gasteiger partial charge is 0.217 e. The Labute approximate surface area is 208 Å². The molecule has 0 aliphatic heterocycles. The number of hydrogen-bond donors (Lipinski definition) is 4. The van der Waals surface area contributed by atoms with Crippen LogP contribution in [0.4, 0.5) is 8.78 Å². The van der Waals surface area contributed by atoms with Crippen molar-refractivity contribution in [3.8, 4) is 11.1 Å². The molecule has 1 amide bonds. The number of aryl methyl sites for hydroxylation is 3. The van der Waals surface area contributed by atoms with Gasteiger partial charge in [0.15, 0.2) is 5.79 Å². The topological polar surface area (TPSA) is 108 Å². The molecule has 1 heterocycles. The van der Waals surface area contributed by atoms with Gasteiger partial charge in [-0.25, -0.2) is 8.78 Å². The predicted octanol–water partition coefficient (Wildman–Crippen LogP) is 3.63. The van der Waals surface area contributed by atoms with E-state index < -0.39 is 29.4 Å². The molecule has 1 aliphatic carbocycles. The van der Waals surface area contributed by atoms with Crippen LogP contribution in [0, 0.1) is 25.5 Å². The lowest BCUT2D eigenvalue weighted by Crippen LogP contribution is -2.58. The summed E-state index contributed by atoms with van der Waals surface area (Å²) < 4.78 is 32.7. The number of carbonyl (C=O) groups is 1. The van der Waals surface area contributed by atoms with Gasteiger partial charge in [0.05, 0.1) is 18.3 Å². The van der Waals surface area contributed by atoms with Crippen LogP contribution in [0.5, 0.6) is 0 Å². The van der Waals surface area contributed by atoms with Crippen molar-refractivity contribution < 1.29 is 28.3 Å². The standard InChI is InChI=1S/C27H31F2N3O4/c1-15-26(16(2)36-32-15)20-8-7-19-5-4-6-24(23(19)12-20)30-14-27(34,35)25(31-17(3)33)11-18-9-21(28)13-22(29)10-18/h7-10,12-13,24-25,30,34-35H,4-6,11,14H2,1-3H3,(H,31,33). The van der Waals surface area contributed by atoms with E-state index in [1.807, 2.05) is 19.9 Å². The largest absolute Gasteiger partial charge is 0.363 e. The molecule has 1 aromatic heterocycles. The van der Waals surface area contributed by atoms with Gasteiger partial charge in [-0.2, -0.15) is 0 Å². The molecule has 192 valence electrons. The molecule has 1 aliphatic rings. The summed E-state index contributed by atoms with van der Waals surface area (Å²) in [6, 6.07) is 7.80. The summed E-state index contributed by atoms with van der Waals surface area (Å²) in [7, 11) is 0. The van der Waals surface area contributed by atoms with Crippen molar-refractivity contribution in [1.29, 1.82) is 0 Å². The number of fused-ring (bicyclic) bond motifs is 1. The molecule has 2 atom stereocenters. The fourth-order valence-electron chi connectivity index (χ4n) is 5.00. The monoisotopic (exact) mass is 499 g/mol. The van der Waals surface area contributed by atoms with Crippen molar-refractivity contribution in [2.24, 2.45) is 0 Å². The number of halogens is 2. The summed E-state index contributed by atoms with van der Waals surface area (Å²) >= 11 is 0. The van der Waals surface area contributed by atoms with Gasteiger partial charge in [0.25, 0.3) is 0 Å². The van der Waals surface area contributed by atoms with Gasteiger partial charge in [0.2, 0.25) is 5.91 Å². The van der Waals surface area contributed by atoms with Crippen LogP contribution >= 0.6 is 0 Å². The minimum Gasteiger partial charge on any atom is -0.363 e. The van der Waals surface area contributed by atoms with Gasteiger partial charge in [-0.1, -0.05) is 17.3 Å². The molecule has 0 spiro atoms. The van der Waals surface area contributed by atoms with Gasteiger partial charge < -0.3 is 25.4 Å². The summed E-state index contributed by atoms with van der Waals surface area (Å²) in [6.07, 6.45) is 2.46. The number of rotatable bonds is 8. The van der Waals surface area contributed by atoms with Crippen LogP contribution < -0.4 is 10.6 Å². The summed E-state index contributed by atoms with van der Waals surface area (Å²) in [5, 5.41) is 31.7. The number of nitrogens with one attached hydrogen (secondary N) is 2. The van der Waals surface area contributed by atoms with Gasteiger partial charge in [-0.15, -0.1) is 0 Å². The minimum absolute atomic E-state index is 0.155. The van der Waals surface area contributed by atoms with Gasteiger partial charge in [0.1, 0.15) is 17.4 Å². The first kappa shape index (κ1) is 25.9. The van der Waals surface area contributed by atoms with E-state index >= 15 is 0 Å². The van der Waals surface area contributed by atoms with Crippen LogP contribution in [0.25, 0.3) is 11.1 Å². The molecular formula is C27H31F2N3O4. The molecule has 0 radical (unpaired) electrons. The Balaban J connectivity index is 1.54. The molecule has 0 saturated heterocycles. The van der Waals surface area contributed by atoms with E-state index in [-0.39, 0.29) is 24.6 Å². The SMILES string of the molecule is CC(=O)NC(Cc1cc(F)cc(F)c1)C(O)(O)CNC1CCCc2ccc(-c3c(C)noc3C)cc21. The zero-order valence-corrected chi connectivity index (χ0v) is 20.6. The molecule has 4 rings (SSSR count). The highest BCUT2D eigenvalue weighted by Gasteiger charge is 2.36. The zero-order chi connectivity index (χ0) is 26.0. The van der Waals surface area contributed by atoms with Crippen molar-refractivity contribution in [2.75, 3.05) is 6.54 Å². The van der Waals surface area contributed by atoms with Gasteiger partial charge in [-0.05, 0) is 80.0 Å². The van der Waals surface area contributed by atoms with Crippen molar-refractivity contribution in [3.63, 3.8) is 0 Å². The second-order valence-corrected chi connectivity index (χ2v) is 9.55. The second-order valence-electron chi connectivity index (χ2n) is 9.55. The molecule has 9 heteroatoms.